The van der Waals surface area contributed by atoms with E-state index in [1.807, 2.05) is 147 Å². The molecule has 84 heavy (non-hydrogen) atoms. The molecule has 0 bridgehead atoms. The number of likely N-dealkylation sites (N-methyl/N-ethyl adjacent to an activating group) is 4. The number of carbonyl (C=O) groups is 8. The molecule has 2 aromatic heterocycles. The Morgan fingerprint density at radius 3 is 1.06 bits per heavy atom. The average molecular weight is 1170 g/mol. The molecular formula is C64H92N8O12. The smallest absolute Gasteiger partial charge is 0.329 e. The molecule has 0 aliphatic carbocycles. The van der Waals surface area contributed by atoms with Gasteiger partial charge >= 0.3 is 23.9 Å². The minimum Gasteiger partial charge on any atom is -0.451 e. The van der Waals surface area contributed by atoms with E-state index in [9.17, 15) is 28.8 Å². The predicted molar refractivity (Wildman–Crippen MR) is 317 cm³/mol. The topological polar surface area (TPSA) is 222 Å². The van der Waals surface area contributed by atoms with Gasteiger partial charge in [0.05, 0.1) is 24.5 Å². The van der Waals surface area contributed by atoms with E-state index in [-0.39, 0.29) is 62.2 Å². The first-order valence-electron chi connectivity index (χ1n) is 29.4. The van der Waals surface area contributed by atoms with Crippen molar-refractivity contribution in [2.24, 2.45) is 23.7 Å². The van der Waals surface area contributed by atoms with E-state index in [2.05, 4.69) is 10.2 Å². The summed E-state index contributed by atoms with van der Waals surface area (Å²) in [5, 5.41) is 9.18. The van der Waals surface area contributed by atoms with E-state index in [0.29, 0.717) is 24.2 Å². The third-order valence-corrected chi connectivity index (χ3v) is 15.2. The van der Waals surface area contributed by atoms with Crippen molar-refractivity contribution in [1.82, 2.24) is 39.2 Å². The molecule has 0 N–H and O–H groups in total. The highest BCUT2D eigenvalue weighted by Gasteiger charge is 2.43. The summed E-state index contributed by atoms with van der Waals surface area (Å²) in [6.07, 6.45) is -6.00. The highest BCUT2D eigenvalue weighted by atomic mass is 16.6. The highest BCUT2D eigenvalue weighted by molar-refractivity contribution is 5.94. The van der Waals surface area contributed by atoms with Gasteiger partial charge in [-0.05, 0) is 125 Å². The molecular weight excluding hydrogens is 1070 g/mol. The van der Waals surface area contributed by atoms with Crippen LogP contribution in [0.15, 0.2) is 60.7 Å². The van der Waals surface area contributed by atoms with Gasteiger partial charge in [0.25, 0.3) is 23.6 Å². The Balaban J connectivity index is 1.60. The lowest BCUT2D eigenvalue weighted by atomic mass is 9.99. The fourth-order valence-electron chi connectivity index (χ4n) is 10.6. The Labute approximate surface area is 496 Å². The summed E-state index contributed by atoms with van der Waals surface area (Å²) < 4.78 is 28.1. The molecule has 3 heterocycles. The van der Waals surface area contributed by atoms with Crippen molar-refractivity contribution < 1.29 is 57.3 Å². The van der Waals surface area contributed by atoms with E-state index in [1.165, 1.54) is 51.8 Å². The zero-order chi connectivity index (χ0) is 62.6. The van der Waals surface area contributed by atoms with Crippen LogP contribution in [0.5, 0.6) is 0 Å². The summed E-state index contributed by atoms with van der Waals surface area (Å²) in [5.41, 5.74) is 6.70. The molecule has 1 fully saturated rings. The number of nitrogens with zero attached hydrogens (tertiary/aromatic N) is 8. The minimum atomic E-state index is -1.55. The molecule has 0 spiro atoms. The predicted octanol–water partition coefficient (Wildman–Crippen LogP) is 7.39. The van der Waals surface area contributed by atoms with Gasteiger partial charge in [-0.25, -0.2) is 19.2 Å². The van der Waals surface area contributed by atoms with Gasteiger partial charge in [0.15, 0.2) is 24.4 Å². The number of aromatic nitrogens is 4. The number of benzene rings is 2. The number of aryl methyl sites for hydroxylation is 4. The molecule has 8 atom stereocenters. The van der Waals surface area contributed by atoms with Gasteiger partial charge < -0.3 is 38.5 Å². The Bertz CT molecular complexity index is 2930. The van der Waals surface area contributed by atoms with Crippen molar-refractivity contribution in [3.8, 4) is 0 Å². The van der Waals surface area contributed by atoms with E-state index >= 15 is 9.59 Å². The minimum absolute atomic E-state index is 0.0804. The number of esters is 4. The van der Waals surface area contributed by atoms with Crippen LogP contribution in [0.4, 0.5) is 0 Å². The normalized spacial score (nSPS) is 22.7. The van der Waals surface area contributed by atoms with Crippen molar-refractivity contribution >= 4 is 47.5 Å². The Morgan fingerprint density at radius 1 is 0.405 bits per heavy atom. The summed E-state index contributed by atoms with van der Waals surface area (Å²) in [7, 11) is 5.60. The number of carbonyl (C=O) groups excluding carboxylic acids is 8. The molecule has 0 saturated carbocycles. The molecule has 0 unspecified atom stereocenters. The Kier molecular flexibility index (Phi) is 24.0. The molecule has 1 aliphatic heterocycles. The second kappa shape index (κ2) is 29.9. The van der Waals surface area contributed by atoms with Gasteiger partial charge in [0.2, 0.25) is 0 Å². The number of amides is 4. The molecule has 1 saturated heterocycles. The third-order valence-electron chi connectivity index (χ3n) is 15.2. The third kappa shape index (κ3) is 18.3. The van der Waals surface area contributed by atoms with Crippen molar-refractivity contribution in [2.75, 3.05) is 28.2 Å². The quantitative estimate of drug-likeness (QED) is 0.0789. The van der Waals surface area contributed by atoms with Crippen LogP contribution >= 0.6 is 0 Å². The van der Waals surface area contributed by atoms with E-state index in [1.54, 1.807) is 6.07 Å². The van der Waals surface area contributed by atoms with Gasteiger partial charge in [0, 0.05) is 52.4 Å². The second-order valence-corrected chi connectivity index (χ2v) is 24.6. The average Bonchev–Trinajstić information content (AvgIpc) is 3.51. The van der Waals surface area contributed by atoms with Crippen LogP contribution in [0.25, 0.3) is 0 Å². The van der Waals surface area contributed by atoms with Gasteiger partial charge in [-0.1, -0.05) is 104 Å². The summed E-state index contributed by atoms with van der Waals surface area (Å²) in [4.78, 5) is 123. The van der Waals surface area contributed by atoms with Crippen LogP contribution in [0, 0.1) is 51.4 Å². The second-order valence-electron chi connectivity index (χ2n) is 24.6. The lowest BCUT2D eigenvalue weighted by molar-refractivity contribution is -0.176. The maximum atomic E-state index is 15.1. The standard InChI is InChI=1S/C64H92N8O12/c1-37(2)26-51-61(77)81-46(14)58(74)68(16)54(29-40(7)8)64(80)84-56(34-49-20-19-21-50(32-49)36-72-44(12)31-42(10)66-72)60(76)70(18)52(27-38(3)4)62(78)82-45(13)57(73)67(15)53(28-39(5)6)63(79)83-55(59(75)69(51)17)33-47-22-24-48(25-23-47)35-71-43(11)30-41(9)65-71/h19-25,30-32,37-40,45-46,51-56H,26-29,33-36H2,1-18H3/t45-,46-,51+,52+,53+,54+,55-,56-/m1/s1. The molecule has 20 nitrogen and oxygen atoms in total. The SMILES string of the molecule is Cc1cc(C)n(Cc2ccc(C[C@H]3OC(=O)[C@H](CC(C)C)N(C)C(=O)[C@@H](C)OC(=O)[C@H](CC(C)C)N(C)C(=O)[C@@H](Cc4cccc(Cn5nc(C)cc5C)c4)OC(=O)[C@H](CC(C)C)N(C)C(=O)[C@@H](C)OC(=O)[C@H](CC(C)C)N(C)C3=O)cc2)n1. The van der Waals surface area contributed by atoms with Crippen molar-refractivity contribution in [3.05, 3.63) is 106 Å². The molecule has 0 radical (unpaired) electrons. The number of ether oxygens (including phenoxy) is 4. The van der Waals surface area contributed by atoms with Crippen LogP contribution in [-0.4, -0.2) is 163 Å². The van der Waals surface area contributed by atoms with Crippen molar-refractivity contribution in [1.29, 1.82) is 0 Å². The summed E-state index contributed by atoms with van der Waals surface area (Å²) >= 11 is 0. The summed E-state index contributed by atoms with van der Waals surface area (Å²) in [5.74, 6) is -7.43. The molecule has 5 rings (SSSR count). The number of hydrogen-bond acceptors (Lipinski definition) is 14. The monoisotopic (exact) mass is 1160 g/mol. The number of rotatable bonds is 16. The van der Waals surface area contributed by atoms with Gasteiger partial charge in [0.1, 0.15) is 24.2 Å². The van der Waals surface area contributed by atoms with E-state index in [4.69, 9.17) is 18.9 Å². The fourth-order valence-corrected chi connectivity index (χ4v) is 10.6. The lowest BCUT2D eigenvalue weighted by Gasteiger charge is -2.35. The number of hydrogen-bond donors (Lipinski definition) is 0. The van der Waals surface area contributed by atoms with Gasteiger partial charge in [-0.2, -0.15) is 10.2 Å². The van der Waals surface area contributed by atoms with E-state index in [0.717, 1.165) is 43.7 Å². The molecule has 460 valence electrons. The lowest BCUT2D eigenvalue weighted by Crippen LogP contribution is -2.55. The Hall–Kier alpha value is -7.38. The van der Waals surface area contributed by atoms with Gasteiger partial charge in [-0.3, -0.25) is 28.5 Å². The maximum Gasteiger partial charge on any atom is 0.329 e. The fraction of sp³-hybridized carbons (Fsp3) is 0.594. The molecule has 20 heteroatoms. The van der Waals surface area contributed by atoms with E-state index < -0.39 is 96.1 Å². The van der Waals surface area contributed by atoms with Crippen LogP contribution in [0.2, 0.25) is 0 Å². The van der Waals surface area contributed by atoms with Crippen molar-refractivity contribution in [2.45, 2.75) is 197 Å². The van der Waals surface area contributed by atoms with Crippen LogP contribution in [-0.2, 0) is 83.2 Å². The van der Waals surface area contributed by atoms with Crippen LogP contribution < -0.4 is 0 Å². The van der Waals surface area contributed by atoms with Crippen LogP contribution in [0.3, 0.4) is 0 Å². The molecule has 4 aromatic rings. The Morgan fingerprint density at radius 2 is 0.714 bits per heavy atom. The first kappa shape index (κ1) is 67.4. The largest absolute Gasteiger partial charge is 0.451 e. The molecule has 2 aromatic carbocycles. The molecule has 1 aliphatic rings. The zero-order valence-electron chi connectivity index (χ0n) is 52.8. The molecule has 4 amide bonds. The zero-order valence-corrected chi connectivity index (χ0v) is 52.8. The van der Waals surface area contributed by atoms with Crippen molar-refractivity contribution in [3.63, 3.8) is 0 Å². The summed E-state index contributed by atoms with van der Waals surface area (Å²) in [6, 6.07) is 13.6. The number of cyclic esters (lactones) is 4. The maximum absolute atomic E-state index is 15.1. The highest BCUT2D eigenvalue weighted by Crippen LogP contribution is 2.25. The first-order valence-corrected chi connectivity index (χ1v) is 29.4. The van der Waals surface area contributed by atoms with Crippen LogP contribution in [0.1, 0.15) is 140 Å². The summed E-state index contributed by atoms with van der Waals surface area (Å²) in [6.45, 7) is 26.2. The first-order chi connectivity index (χ1) is 39.3. The van der Waals surface area contributed by atoms with Gasteiger partial charge in [-0.15, -0.1) is 0 Å².